The molecule has 7 heteroatoms. The van der Waals surface area contributed by atoms with Crippen LogP contribution in [-0.4, -0.2) is 25.6 Å². The third kappa shape index (κ3) is 2.19. The van der Waals surface area contributed by atoms with Gasteiger partial charge in [-0.25, -0.2) is 9.67 Å². The van der Waals surface area contributed by atoms with Gasteiger partial charge in [0.15, 0.2) is 5.16 Å². The Hall–Kier alpha value is -1.89. The lowest BCUT2D eigenvalue weighted by Gasteiger charge is -2.01. The zero-order valence-corrected chi connectivity index (χ0v) is 9.40. The first-order chi connectivity index (χ1) is 7.66. The van der Waals surface area contributed by atoms with Gasteiger partial charge in [0.1, 0.15) is 17.9 Å². The molecule has 0 aromatic carbocycles. The molecule has 0 unspecified atom stereocenters. The molecule has 2 aromatic rings. The van der Waals surface area contributed by atoms with Gasteiger partial charge in [-0.2, -0.15) is 5.10 Å². The molecule has 16 heavy (non-hydrogen) atoms. The molecule has 0 bridgehead atoms. The molecule has 0 amide bonds. The van der Waals surface area contributed by atoms with Gasteiger partial charge in [0, 0.05) is 18.1 Å². The number of hydrogen-bond acceptors (Lipinski definition) is 5. The summed E-state index contributed by atoms with van der Waals surface area (Å²) in [5.41, 5.74) is 5.79. The van der Waals surface area contributed by atoms with Gasteiger partial charge in [-0.3, -0.25) is 10.4 Å². The van der Waals surface area contributed by atoms with Crippen molar-refractivity contribution in [1.82, 2.24) is 19.7 Å². The highest BCUT2D eigenvalue weighted by Gasteiger charge is 2.04. The summed E-state index contributed by atoms with van der Waals surface area (Å²) in [4.78, 5) is 9.08. The first-order valence-electron chi connectivity index (χ1n) is 4.49. The molecule has 2 aromatic heterocycles. The average Bonchev–Trinajstić information content (AvgIpc) is 2.65. The number of nitrogens with two attached hydrogens (primary N) is 1. The topological polar surface area (TPSA) is 93.5 Å². The minimum atomic E-state index is -0.0322. The van der Waals surface area contributed by atoms with Crippen molar-refractivity contribution in [2.75, 3.05) is 0 Å². The van der Waals surface area contributed by atoms with Crippen LogP contribution in [0.1, 0.15) is 5.69 Å². The first kappa shape index (κ1) is 10.6. The van der Waals surface area contributed by atoms with Crippen LogP contribution in [0, 0.1) is 5.41 Å². The Morgan fingerprint density at radius 3 is 2.75 bits per heavy atom. The van der Waals surface area contributed by atoms with Crippen molar-refractivity contribution in [2.24, 2.45) is 12.8 Å². The van der Waals surface area contributed by atoms with Crippen LogP contribution >= 0.6 is 11.8 Å². The fourth-order valence-corrected chi connectivity index (χ4v) is 1.81. The van der Waals surface area contributed by atoms with Crippen molar-refractivity contribution in [1.29, 1.82) is 5.41 Å². The molecule has 0 atom stereocenters. The van der Waals surface area contributed by atoms with E-state index in [-0.39, 0.29) is 5.84 Å². The third-order valence-electron chi connectivity index (χ3n) is 1.89. The molecule has 3 N–H and O–H groups in total. The average molecular weight is 234 g/mol. The molecular weight excluding hydrogens is 224 g/mol. The maximum absolute atomic E-state index is 7.22. The van der Waals surface area contributed by atoms with Gasteiger partial charge in [0.25, 0.3) is 0 Å². The summed E-state index contributed by atoms with van der Waals surface area (Å²) < 4.78 is 1.68. The van der Waals surface area contributed by atoms with Gasteiger partial charge in [0.05, 0.1) is 0 Å². The van der Waals surface area contributed by atoms with Crippen molar-refractivity contribution in [3.8, 4) is 0 Å². The highest BCUT2D eigenvalue weighted by molar-refractivity contribution is 7.99. The van der Waals surface area contributed by atoms with Gasteiger partial charge in [-0.05, 0) is 23.9 Å². The summed E-state index contributed by atoms with van der Waals surface area (Å²) in [6.07, 6.45) is 3.16. The van der Waals surface area contributed by atoms with Gasteiger partial charge in [-0.1, -0.05) is 0 Å². The molecule has 0 spiro atoms. The number of nitrogens with zero attached hydrogens (tertiary/aromatic N) is 4. The second-order valence-corrected chi connectivity index (χ2v) is 4.10. The smallest absolute Gasteiger partial charge is 0.190 e. The van der Waals surface area contributed by atoms with Crippen LogP contribution in [0.2, 0.25) is 0 Å². The molecule has 0 fully saturated rings. The summed E-state index contributed by atoms with van der Waals surface area (Å²) in [6, 6.07) is 3.56. The Bertz CT molecular complexity index is 503. The molecule has 2 heterocycles. The highest BCUT2D eigenvalue weighted by atomic mass is 32.2. The van der Waals surface area contributed by atoms with E-state index in [0.29, 0.717) is 5.69 Å². The highest BCUT2D eigenvalue weighted by Crippen LogP contribution is 2.23. The molecule has 0 aliphatic heterocycles. The third-order valence-corrected chi connectivity index (χ3v) is 2.92. The van der Waals surface area contributed by atoms with E-state index in [0.717, 1.165) is 10.1 Å². The fourth-order valence-electron chi connectivity index (χ4n) is 1.08. The summed E-state index contributed by atoms with van der Waals surface area (Å²) in [5, 5.41) is 12.0. The van der Waals surface area contributed by atoms with Gasteiger partial charge < -0.3 is 5.73 Å². The van der Waals surface area contributed by atoms with Crippen LogP contribution in [0.5, 0.6) is 0 Å². The molecule has 0 saturated heterocycles. The van der Waals surface area contributed by atoms with Crippen molar-refractivity contribution < 1.29 is 0 Å². The minimum Gasteiger partial charge on any atom is -0.382 e. The zero-order valence-electron chi connectivity index (χ0n) is 8.58. The van der Waals surface area contributed by atoms with Crippen LogP contribution in [0.4, 0.5) is 0 Å². The van der Waals surface area contributed by atoms with Crippen LogP contribution in [0.3, 0.4) is 0 Å². The van der Waals surface area contributed by atoms with Crippen LogP contribution < -0.4 is 5.73 Å². The van der Waals surface area contributed by atoms with Crippen LogP contribution in [-0.2, 0) is 7.05 Å². The van der Waals surface area contributed by atoms with Crippen molar-refractivity contribution >= 4 is 17.6 Å². The Labute approximate surface area is 96.4 Å². The van der Waals surface area contributed by atoms with E-state index in [9.17, 15) is 0 Å². The summed E-state index contributed by atoms with van der Waals surface area (Å²) >= 11 is 1.46. The summed E-state index contributed by atoms with van der Waals surface area (Å²) in [5.74, 6) is -0.0322. The number of amidine groups is 1. The van der Waals surface area contributed by atoms with E-state index in [2.05, 4.69) is 15.1 Å². The lowest BCUT2D eigenvalue weighted by Crippen LogP contribution is -2.12. The molecule has 0 saturated carbocycles. The number of hydrogen-bond donors (Lipinski definition) is 2. The fraction of sp³-hybridized carbons (Fsp3) is 0.111. The van der Waals surface area contributed by atoms with Crippen LogP contribution in [0.25, 0.3) is 0 Å². The Balaban J connectivity index is 2.17. The second kappa shape index (κ2) is 4.31. The maximum Gasteiger partial charge on any atom is 0.190 e. The molecule has 0 radical (unpaired) electrons. The standard InChI is InChI=1S/C9H10N6S/c1-15-9(13-5-14-15)16-6-2-3-7(8(10)11)12-4-6/h2-5H,1H3,(H3,10,11). The quantitative estimate of drug-likeness (QED) is 0.600. The predicted molar refractivity (Wildman–Crippen MR) is 60.4 cm³/mol. The Kier molecular flexibility index (Phi) is 2.86. The van der Waals surface area contributed by atoms with E-state index >= 15 is 0 Å². The van der Waals surface area contributed by atoms with E-state index in [1.165, 1.54) is 18.1 Å². The SMILES string of the molecule is Cn1ncnc1Sc1ccc(C(=N)N)nc1. The molecule has 0 aliphatic rings. The monoisotopic (exact) mass is 234 g/mol. The zero-order chi connectivity index (χ0) is 11.5. The maximum atomic E-state index is 7.22. The number of nitrogen functional groups attached to an aromatic ring is 1. The molecular formula is C9H10N6S. The number of pyridine rings is 1. The van der Waals surface area contributed by atoms with Crippen molar-refractivity contribution in [2.45, 2.75) is 10.1 Å². The largest absolute Gasteiger partial charge is 0.382 e. The number of aryl methyl sites for hydroxylation is 1. The summed E-state index contributed by atoms with van der Waals surface area (Å²) in [7, 11) is 1.83. The van der Waals surface area contributed by atoms with Crippen molar-refractivity contribution in [3.05, 3.63) is 30.4 Å². The lowest BCUT2D eigenvalue weighted by atomic mass is 10.3. The molecule has 6 nitrogen and oxygen atoms in total. The molecule has 82 valence electrons. The summed E-state index contributed by atoms with van der Waals surface area (Å²) in [6.45, 7) is 0. The van der Waals surface area contributed by atoms with E-state index in [4.69, 9.17) is 11.1 Å². The lowest BCUT2D eigenvalue weighted by molar-refractivity contribution is 0.685. The Morgan fingerprint density at radius 1 is 1.44 bits per heavy atom. The number of aromatic nitrogens is 4. The molecule has 0 aliphatic carbocycles. The van der Waals surface area contributed by atoms with Crippen LogP contribution in [0.15, 0.2) is 34.7 Å². The molecule has 2 rings (SSSR count). The Morgan fingerprint density at radius 2 is 2.25 bits per heavy atom. The number of nitrogens with one attached hydrogen (secondary N) is 1. The van der Waals surface area contributed by atoms with Gasteiger partial charge in [0.2, 0.25) is 0 Å². The van der Waals surface area contributed by atoms with E-state index < -0.39 is 0 Å². The number of rotatable bonds is 3. The van der Waals surface area contributed by atoms with Gasteiger partial charge in [-0.15, -0.1) is 0 Å². The van der Waals surface area contributed by atoms with Crippen molar-refractivity contribution in [3.63, 3.8) is 0 Å². The van der Waals surface area contributed by atoms with E-state index in [1.54, 1.807) is 16.9 Å². The van der Waals surface area contributed by atoms with Gasteiger partial charge >= 0.3 is 0 Å². The minimum absolute atomic E-state index is 0.0322. The predicted octanol–water partition coefficient (Wildman–Crippen LogP) is 0.645. The second-order valence-electron chi connectivity index (χ2n) is 3.06. The van der Waals surface area contributed by atoms with E-state index in [1.807, 2.05) is 13.1 Å². The normalized spacial score (nSPS) is 10.3. The first-order valence-corrected chi connectivity index (χ1v) is 5.31.